The van der Waals surface area contributed by atoms with Gasteiger partial charge >= 0.3 is 0 Å². The van der Waals surface area contributed by atoms with Crippen LogP contribution in [0.5, 0.6) is 0 Å². The second-order valence-corrected chi connectivity index (χ2v) is 8.45. The van der Waals surface area contributed by atoms with Crippen molar-refractivity contribution in [3.63, 3.8) is 0 Å². The number of fused-ring (bicyclic) bond motifs is 3. The normalized spacial score (nSPS) is 11.7. The van der Waals surface area contributed by atoms with Gasteiger partial charge in [-0.3, -0.25) is 0 Å². The molecule has 0 unspecified atom stereocenters. The third-order valence-corrected chi connectivity index (χ3v) is 6.77. The molecule has 2 aromatic heterocycles. The molecule has 4 aromatic carbocycles. The molecule has 32 heavy (non-hydrogen) atoms. The van der Waals surface area contributed by atoms with Gasteiger partial charge in [-0.2, -0.15) is 0 Å². The van der Waals surface area contributed by atoms with Crippen LogP contribution < -0.4 is 0 Å². The molecule has 156 valence electrons. The Morgan fingerprint density at radius 1 is 0.625 bits per heavy atom. The first-order valence-corrected chi connectivity index (χ1v) is 11.2. The Kier molecular flexibility index (Phi) is 4.19. The highest BCUT2D eigenvalue weighted by Gasteiger charge is 2.19. The standard InChI is InChI=1S/C29H25N3/c1-4-19-22-11-5-7-17-26(22)31(2)28(19)23-14-9-13-21-20(23)12-10-15-24(21)29-30-25-16-6-8-18-27(25)32(29)3/h5-18H,4H2,1-3H3. The van der Waals surface area contributed by atoms with E-state index in [9.17, 15) is 0 Å². The molecule has 0 aliphatic rings. The Labute approximate surface area is 187 Å². The minimum Gasteiger partial charge on any atom is -0.343 e. The number of hydrogen-bond donors (Lipinski definition) is 0. The highest BCUT2D eigenvalue weighted by molar-refractivity contribution is 6.06. The number of aromatic nitrogens is 3. The molecule has 0 amide bonds. The van der Waals surface area contributed by atoms with Crippen molar-refractivity contribution in [1.29, 1.82) is 0 Å². The van der Waals surface area contributed by atoms with E-state index in [0.29, 0.717) is 0 Å². The van der Waals surface area contributed by atoms with Crippen molar-refractivity contribution in [1.82, 2.24) is 14.1 Å². The van der Waals surface area contributed by atoms with Crippen LogP contribution in [0.15, 0.2) is 84.9 Å². The monoisotopic (exact) mass is 415 g/mol. The molecule has 0 bridgehead atoms. The van der Waals surface area contributed by atoms with E-state index in [1.54, 1.807) is 0 Å². The average Bonchev–Trinajstić information content (AvgIpc) is 3.32. The van der Waals surface area contributed by atoms with Crippen molar-refractivity contribution in [2.45, 2.75) is 13.3 Å². The first-order valence-electron chi connectivity index (χ1n) is 11.2. The summed E-state index contributed by atoms with van der Waals surface area (Å²) in [6.07, 6.45) is 0.998. The molecule has 0 spiro atoms. The molecule has 2 heterocycles. The Morgan fingerprint density at radius 3 is 2.00 bits per heavy atom. The van der Waals surface area contributed by atoms with Gasteiger partial charge in [-0.05, 0) is 41.0 Å². The molecule has 0 fully saturated rings. The van der Waals surface area contributed by atoms with Gasteiger partial charge in [0, 0.05) is 36.1 Å². The van der Waals surface area contributed by atoms with E-state index in [1.165, 1.54) is 44.1 Å². The first kappa shape index (κ1) is 18.9. The maximum atomic E-state index is 4.98. The molecular formula is C29H25N3. The SMILES string of the molecule is CCc1c(-c2cccc3c(-c4nc5ccccc5n4C)cccc23)n(C)c2ccccc12. The molecule has 3 heteroatoms. The van der Waals surface area contributed by atoms with E-state index in [2.05, 4.69) is 109 Å². The van der Waals surface area contributed by atoms with Gasteiger partial charge in [0.2, 0.25) is 0 Å². The van der Waals surface area contributed by atoms with Gasteiger partial charge < -0.3 is 9.13 Å². The molecule has 0 saturated heterocycles. The fourth-order valence-corrected chi connectivity index (χ4v) is 5.27. The zero-order valence-corrected chi connectivity index (χ0v) is 18.6. The quantitative estimate of drug-likeness (QED) is 0.302. The predicted octanol–water partition coefficient (Wildman–Crippen LogP) is 7.11. The molecule has 6 rings (SSSR count). The molecule has 6 aromatic rings. The van der Waals surface area contributed by atoms with E-state index < -0.39 is 0 Å². The minimum absolute atomic E-state index is 0.998. The second kappa shape index (κ2) is 7.10. The van der Waals surface area contributed by atoms with Crippen LogP contribution in [0.2, 0.25) is 0 Å². The van der Waals surface area contributed by atoms with E-state index in [4.69, 9.17) is 4.98 Å². The van der Waals surface area contributed by atoms with Crippen LogP contribution in [0.25, 0.3) is 55.4 Å². The zero-order valence-electron chi connectivity index (χ0n) is 18.6. The third-order valence-electron chi connectivity index (χ3n) is 6.77. The van der Waals surface area contributed by atoms with Crippen molar-refractivity contribution in [3.8, 4) is 22.6 Å². The fraction of sp³-hybridized carbons (Fsp3) is 0.138. The lowest BCUT2D eigenvalue weighted by atomic mass is 9.95. The fourth-order valence-electron chi connectivity index (χ4n) is 5.27. The van der Waals surface area contributed by atoms with Gasteiger partial charge in [-0.1, -0.05) is 73.7 Å². The van der Waals surface area contributed by atoms with E-state index >= 15 is 0 Å². The number of para-hydroxylation sites is 3. The van der Waals surface area contributed by atoms with Gasteiger partial charge in [0.1, 0.15) is 5.82 Å². The molecule has 0 N–H and O–H groups in total. The molecule has 0 aliphatic heterocycles. The van der Waals surface area contributed by atoms with Crippen LogP contribution in [0, 0.1) is 0 Å². The Balaban J connectivity index is 1.67. The molecular weight excluding hydrogens is 390 g/mol. The van der Waals surface area contributed by atoms with Crippen LogP contribution in [0.1, 0.15) is 12.5 Å². The highest BCUT2D eigenvalue weighted by Crippen LogP contribution is 2.39. The van der Waals surface area contributed by atoms with Gasteiger partial charge in [-0.25, -0.2) is 4.98 Å². The van der Waals surface area contributed by atoms with Crippen molar-refractivity contribution >= 4 is 32.7 Å². The van der Waals surface area contributed by atoms with E-state index in [-0.39, 0.29) is 0 Å². The van der Waals surface area contributed by atoms with E-state index in [0.717, 1.165) is 23.3 Å². The van der Waals surface area contributed by atoms with Crippen LogP contribution in [-0.4, -0.2) is 14.1 Å². The highest BCUT2D eigenvalue weighted by atomic mass is 15.1. The Morgan fingerprint density at radius 2 is 1.25 bits per heavy atom. The summed E-state index contributed by atoms with van der Waals surface area (Å²) in [4.78, 5) is 4.98. The number of rotatable bonds is 3. The van der Waals surface area contributed by atoms with Crippen LogP contribution in [0.3, 0.4) is 0 Å². The summed E-state index contributed by atoms with van der Waals surface area (Å²) in [5.74, 6) is 1.00. The summed E-state index contributed by atoms with van der Waals surface area (Å²) >= 11 is 0. The zero-order chi connectivity index (χ0) is 21.8. The summed E-state index contributed by atoms with van der Waals surface area (Å²) in [6.45, 7) is 2.25. The Bertz CT molecular complexity index is 1630. The minimum atomic E-state index is 0.998. The number of nitrogens with zero attached hydrogens (tertiary/aromatic N) is 3. The van der Waals surface area contributed by atoms with Gasteiger partial charge in [-0.15, -0.1) is 0 Å². The number of imidazole rings is 1. The van der Waals surface area contributed by atoms with Crippen LogP contribution >= 0.6 is 0 Å². The van der Waals surface area contributed by atoms with Gasteiger partial charge in [0.25, 0.3) is 0 Å². The van der Waals surface area contributed by atoms with Crippen LogP contribution in [-0.2, 0) is 20.5 Å². The molecule has 0 radical (unpaired) electrons. The number of aryl methyl sites for hydroxylation is 3. The number of benzene rings is 4. The van der Waals surface area contributed by atoms with Crippen LogP contribution in [0.4, 0.5) is 0 Å². The lowest BCUT2D eigenvalue weighted by Crippen LogP contribution is -1.96. The van der Waals surface area contributed by atoms with Crippen molar-refractivity contribution in [2.24, 2.45) is 14.1 Å². The first-order chi connectivity index (χ1) is 15.7. The number of hydrogen-bond acceptors (Lipinski definition) is 1. The topological polar surface area (TPSA) is 22.8 Å². The smallest absolute Gasteiger partial charge is 0.141 e. The lowest BCUT2D eigenvalue weighted by molar-refractivity contribution is 0.961. The Hall–Kier alpha value is -3.85. The maximum Gasteiger partial charge on any atom is 0.141 e. The molecule has 0 atom stereocenters. The summed E-state index contributed by atoms with van der Waals surface area (Å²) < 4.78 is 4.55. The lowest BCUT2D eigenvalue weighted by Gasteiger charge is -2.13. The predicted molar refractivity (Wildman–Crippen MR) is 135 cm³/mol. The van der Waals surface area contributed by atoms with Crippen molar-refractivity contribution in [2.75, 3.05) is 0 Å². The van der Waals surface area contributed by atoms with Gasteiger partial charge in [0.05, 0.1) is 16.7 Å². The molecule has 0 saturated carbocycles. The maximum absolute atomic E-state index is 4.98. The van der Waals surface area contributed by atoms with Crippen molar-refractivity contribution in [3.05, 3.63) is 90.5 Å². The summed E-state index contributed by atoms with van der Waals surface area (Å²) in [7, 11) is 4.29. The molecule has 0 aliphatic carbocycles. The summed E-state index contributed by atoms with van der Waals surface area (Å²) in [6, 6.07) is 30.3. The average molecular weight is 416 g/mol. The van der Waals surface area contributed by atoms with E-state index in [1.807, 2.05) is 6.07 Å². The summed E-state index contributed by atoms with van der Waals surface area (Å²) in [5.41, 5.74) is 8.62. The van der Waals surface area contributed by atoms with Gasteiger partial charge in [0.15, 0.2) is 0 Å². The third kappa shape index (κ3) is 2.57. The van der Waals surface area contributed by atoms with Crippen molar-refractivity contribution < 1.29 is 0 Å². The summed E-state index contributed by atoms with van der Waals surface area (Å²) in [5, 5.41) is 3.84. The largest absolute Gasteiger partial charge is 0.343 e. The second-order valence-electron chi connectivity index (χ2n) is 8.45. The molecule has 3 nitrogen and oxygen atoms in total.